The zero-order valence-corrected chi connectivity index (χ0v) is 17.0. The van der Waals surface area contributed by atoms with Crippen molar-refractivity contribution in [1.29, 1.82) is 0 Å². The molecule has 0 bridgehead atoms. The maximum Gasteiger partial charge on any atom is 0.260 e. The molecule has 1 unspecified atom stereocenters. The van der Waals surface area contributed by atoms with Crippen molar-refractivity contribution in [2.75, 3.05) is 19.7 Å². The summed E-state index contributed by atoms with van der Waals surface area (Å²) in [5.74, 6) is 0.481. The smallest absolute Gasteiger partial charge is 0.260 e. The monoisotopic (exact) mass is 411 g/mol. The van der Waals surface area contributed by atoms with Crippen molar-refractivity contribution in [2.45, 2.75) is 25.7 Å². The number of benzene rings is 2. The first-order chi connectivity index (χ1) is 14.1. The Morgan fingerprint density at radius 2 is 2.10 bits per heavy atom. The van der Waals surface area contributed by atoms with E-state index in [1.165, 1.54) is 17.4 Å². The van der Waals surface area contributed by atoms with E-state index in [1.807, 2.05) is 36.1 Å². The molecule has 7 heteroatoms. The summed E-state index contributed by atoms with van der Waals surface area (Å²) in [5.41, 5.74) is 1.56. The molecular formula is C22H22FN3O2S. The van der Waals surface area contributed by atoms with Crippen LogP contribution in [0.1, 0.15) is 29.3 Å². The van der Waals surface area contributed by atoms with Crippen LogP contribution in [-0.2, 0) is 4.79 Å². The SMILES string of the molecule is Cc1cccc(OCC(=O)N2CCCC(c3nnc(-c4ccccc4F)s3)C2)c1. The maximum absolute atomic E-state index is 14.0. The number of hydrogen-bond donors (Lipinski definition) is 0. The molecule has 2 aromatic carbocycles. The fourth-order valence-corrected chi connectivity index (χ4v) is 4.49. The third-order valence-corrected chi connectivity index (χ3v) is 6.14. The highest BCUT2D eigenvalue weighted by Crippen LogP contribution is 2.33. The van der Waals surface area contributed by atoms with Gasteiger partial charge in [-0.3, -0.25) is 4.79 Å². The lowest BCUT2D eigenvalue weighted by Gasteiger charge is -2.31. The number of amides is 1. The highest BCUT2D eigenvalue weighted by molar-refractivity contribution is 7.14. The van der Waals surface area contributed by atoms with Crippen molar-refractivity contribution < 1.29 is 13.9 Å². The van der Waals surface area contributed by atoms with Gasteiger partial charge < -0.3 is 9.64 Å². The van der Waals surface area contributed by atoms with Crippen molar-refractivity contribution in [2.24, 2.45) is 0 Å². The van der Waals surface area contributed by atoms with E-state index in [9.17, 15) is 9.18 Å². The zero-order valence-electron chi connectivity index (χ0n) is 16.2. The lowest BCUT2D eigenvalue weighted by molar-refractivity contribution is -0.134. The number of aromatic nitrogens is 2. The Labute approximate surface area is 173 Å². The van der Waals surface area contributed by atoms with Crippen LogP contribution in [0.5, 0.6) is 5.75 Å². The molecule has 0 saturated carbocycles. The summed E-state index contributed by atoms with van der Waals surface area (Å²) >= 11 is 1.40. The molecule has 0 radical (unpaired) electrons. The van der Waals surface area contributed by atoms with Gasteiger partial charge >= 0.3 is 0 Å². The minimum Gasteiger partial charge on any atom is -0.484 e. The molecule has 5 nitrogen and oxygen atoms in total. The first-order valence-corrected chi connectivity index (χ1v) is 10.5. The quantitative estimate of drug-likeness (QED) is 0.623. The van der Waals surface area contributed by atoms with Crippen molar-refractivity contribution in [3.63, 3.8) is 0 Å². The molecule has 3 aromatic rings. The molecule has 1 saturated heterocycles. The van der Waals surface area contributed by atoms with Gasteiger partial charge in [-0.2, -0.15) is 0 Å². The van der Waals surface area contributed by atoms with Crippen molar-refractivity contribution in [3.05, 3.63) is 64.9 Å². The number of carbonyl (C=O) groups is 1. The van der Waals surface area contributed by atoms with Gasteiger partial charge in [0.1, 0.15) is 16.6 Å². The number of ether oxygens (including phenoxy) is 1. The lowest BCUT2D eigenvalue weighted by Crippen LogP contribution is -2.41. The van der Waals surface area contributed by atoms with E-state index in [1.54, 1.807) is 18.2 Å². The van der Waals surface area contributed by atoms with Crippen molar-refractivity contribution >= 4 is 17.2 Å². The lowest BCUT2D eigenvalue weighted by atomic mass is 9.99. The van der Waals surface area contributed by atoms with E-state index in [0.717, 1.165) is 23.4 Å². The molecule has 29 heavy (non-hydrogen) atoms. The number of likely N-dealkylation sites (tertiary alicyclic amines) is 1. The molecule has 1 aromatic heterocycles. The van der Waals surface area contributed by atoms with Gasteiger partial charge in [0.05, 0.1) is 0 Å². The summed E-state index contributed by atoms with van der Waals surface area (Å²) in [6.45, 7) is 3.31. The molecule has 0 spiro atoms. The van der Waals surface area contributed by atoms with Gasteiger partial charge in [0.15, 0.2) is 11.6 Å². The Bertz CT molecular complexity index is 1010. The third-order valence-electron chi connectivity index (χ3n) is 5.02. The van der Waals surface area contributed by atoms with E-state index in [4.69, 9.17) is 4.74 Å². The Hall–Kier alpha value is -2.80. The van der Waals surface area contributed by atoms with Gasteiger partial charge in [0.2, 0.25) is 0 Å². The van der Waals surface area contributed by atoms with Crippen LogP contribution in [0.25, 0.3) is 10.6 Å². The van der Waals surface area contributed by atoms with E-state index >= 15 is 0 Å². The van der Waals surface area contributed by atoms with Crippen molar-refractivity contribution in [1.82, 2.24) is 15.1 Å². The number of rotatable bonds is 5. The number of piperidine rings is 1. The van der Waals surface area contributed by atoms with E-state index < -0.39 is 0 Å². The predicted octanol–water partition coefficient (Wildman–Crippen LogP) is 4.44. The number of halogens is 1. The average Bonchev–Trinajstić information content (AvgIpc) is 3.22. The van der Waals surface area contributed by atoms with Gasteiger partial charge in [-0.1, -0.05) is 35.6 Å². The van der Waals surface area contributed by atoms with E-state index in [2.05, 4.69) is 10.2 Å². The summed E-state index contributed by atoms with van der Waals surface area (Å²) in [6, 6.07) is 14.2. The Balaban J connectivity index is 1.39. The minimum atomic E-state index is -0.302. The number of hydrogen-bond acceptors (Lipinski definition) is 5. The maximum atomic E-state index is 14.0. The van der Waals surface area contributed by atoms with Crippen molar-refractivity contribution in [3.8, 4) is 16.3 Å². The van der Waals surface area contributed by atoms with Gasteiger partial charge in [-0.25, -0.2) is 4.39 Å². The summed E-state index contributed by atoms with van der Waals surface area (Å²) < 4.78 is 19.7. The second-order valence-electron chi connectivity index (χ2n) is 7.21. The summed E-state index contributed by atoms with van der Waals surface area (Å²) in [4.78, 5) is 14.5. The molecule has 1 aliphatic heterocycles. The van der Waals surface area contributed by atoms with Crippen LogP contribution in [0.15, 0.2) is 48.5 Å². The van der Waals surface area contributed by atoms with Crippen LogP contribution in [-0.4, -0.2) is 40.7 Å². The molecule has 2 heterocycles. The molecule has 1 amide bonds. The highest BCUT2D eigenvalue weighted by Gasteiger charge is 2.27. The minimum absolute atomic E-state index is 0.0206. The third kappa shape index (κ3) is 4.62. The molecule has 0 N–H and O–H groups in total. The topological polar surface area (TPSA) is 55.3 Å². The Morgan fingerprint density at radius 1 is 1.24 bits per heavy atom. The fourth-order valence-electron chi connectivity index (χ4n) is 3.49. The largest absolute Gasteiger partial charge is 0.484 e. The summed E-state index contributed by atoms with van der Waals surface area (Å²) in [7, 11) is 0. The van der Waals surface area contributed by atoms with Crippen LogP contribution in [0.3, 0.4) is 0 Å². The highest BCUT2D eigenvalue weighted by atomic mass is 32.1. The normalized spacial score (nSPS) is 16.6. The van der Waals surface area contributed by atoms with Gasteiger partial charge in [0, 0.05) is 24.6 Å². The number of carbonyl (C=O) groups excluding carboxylic acids is 1. The standard InChI is InChI=1S/C22H22FN3O2S/c1-15-6-4-8-17(12-15)28-14-20(27)26-11-5-7-16(13-26)21-24-25-22(29-21)18-9-2-3-10-19(18)23/h2-4,6,8-10,12,16H,5,7,11,13-14H2,1H3. The van der Waals surface area contributed by atoms with Crippen LogP contribution < -0.4 is 4.74 Å². The Morgan fingerprint density at radius 3 is 2.93 bits per heavy atom. The molecule has 1 atom stereocenters. The van der Waals surface area contributed by atoms with E-state index in [-0.39, 0.29) is 24.2 Å². The summed E-state index contributed by atoms with van der Waals surface area (Å²) in [6.07, 6.45) is 1.84. The molecule has 4 rings (SSSR count). The second kappa shape index (κ2) is 8.69. The number of nitrogens with zero attached hydrogens (tertiary/aromatic N) is 3. The molecule has 150 valence electrons. The predicted molar refractivity (Wildman–Crippen MR) is 111 cm³/mol. The first kappa shape index (κ1) is 19.5. The fraction of sp³-hybridized carbons (Fsp3) is 0.318. The second-order valence-corrected chi connectivity index (χ2v) is 8.22. The molecule has 1 fully saturated rings. The number of aryl methyl sites for hydroxylation is 1. The van der Waals surface area contributed by atoms with Gasteiger partial charge in [-0.05, 0) is 49.6 Å². The first-order valence-electron chi connectivity index (χ1n) is 9.65. The van der Waals surface area contributed by atoms with Gasteiger partial charge in [-0.15, -0.1) is 10.2 Å². The van der Waals surface area contributed by atoms with E-state index in [0.29, 0.717) is 29.4 Å². The molecule has 1 aliphatic rings. The average molecular weight is 412 g/mol. The van der Waals surface area contributed by atoms with Crippen LogP contribution in [0.4, 0.5) is 4.39 Å². The molecular weight excluding hydrogens is 389 g/mol. The Kier molecular flexibility index (Phi) is 5.85. The zero-order chi connectivity index (χ0) is 20.2. The van der Waals surface area contributed by atoms with Crippen LogP contribution in [0.2, 0.25) is 0 Å². The van der Waals surface area contributed by atoms with Gasteiger partial charge in [0.25, 0.3) is 5.91 Å². The molecule has 0 aliphatic carbocycles. The van der Waals surface area contributed by atoms with Crippen LogP contribution >= 0.6 is 11.3 Å². The van der Waals surface area contributed by atoms with Crippen LogP contribution in [0, 0.1) is 12.7 Å². The summed E-state index contributed by atoms with van der Waals surface area (Å²) in [5, 5.41) is 9.89.